The zero-order valence-corrected chi connectivity index (χ0v) is 19.2. The van der Waals surface area contributed by atoms with Gasteiger partial charge >= 0.3 is 5.97 Å². The summed E-state index contributed by atoms with van der Waals surface area (Å²) in [6, 6.07) is 12.7. The van der Waals surface area contributed by atoms with E-state index in [1.807, 2.05) is 12.1 Å². The molecule has 10 heteroatoms. The number of sulfonamides is 1. The zero-order chi connectivity index (χ0) is 23.6. The summed E-state index contributed by atoms with van der Waals surface area (Å²) in [6.45, 7) is 1.45. The molecule has 0 atom stereocenters. The fourth-order valence-electron chi connectivity index (χ4n) is 2.72. The predicted molar refractivity (Wildman–Crippen MR) is 120 cm³/mol. The SMILES string of the molecule is CC(=O)NCCCc1ccc(C(=O)COC(=O)CCNS(=O)(=O)c2cccc(Cl)c2)cc1. The van der Waals surface area contributed by atoms with E-state index < -0.39 is 22.6 Å². The summed E-state index contributed by atoms with van der Waals surface area (Å²) in [4.78, 5) is 34.9. The summed E-state index contributed by atoms with van der Waals surface area (Å²) in [5.74, 6) is -1.12. The van der Waals surface area contributed by atoms with Gasteiger partial charge in [0.05, 0.1) is 11.3 Å². The first kappa shape index (κ1) is 25.5. The second-order valence-corrected chi connectivity index (χ2v) is 9.18. The molecular weight excluding hydrogens is 456 g/mol. The van der Waals surface area contributed by atoms with Crippen LogP contribution in [-0.2, 0) is 30.8 Å². The van der Waals surface area contributed by atoms with E-state index in [1.54, 1.807) is 18.2 Å². The Balaban J connectivity index is 1.72. The van der Waals surface area contributed by atoms with Gasteiger partial charge in [-0.2, -0.15) is 0 Å². The number of carbonyl (C=O) groups excluding carboxylic acids is 3. The van der Waals surface area contributed by atoms with Gasteiger partial charge in [0.2, 0.25) is 15.9 Å². The fraction of sp³-hybridized carbons (Fsp3) is 0.318. The second kappa shape index (κ2) is 12.3. The molecule has 2 aromatic rings. The van der Waals surface area contributed by atoms with Crippen LogP contribution in [0, 0.1) is 0 Å². The van der Waals surface area contributed by atoms with Crippen molar-refractivity contribution in [3.05, 3.63) is 64.7 Å². The molecular formula is C22H25ClN2O6S. The fourth-order valence-corrected chi connectivity index (χ4v) is 4.05. The second-order valence-electron chi connectivity index (χ2n) is 6.97. The minimum Gasteiger partial charge on any atom is -0.457 e. The Morgan fingerprint density at radius 2 is 1.75 bits per heavy atom. The largest absolute Gasteiger partial charge is 0.457 e. The van der Waals surface area contributed by atoms with Crippen LogP contribution in [0.2, 0.25) is 5.02 Å². The van der Waals surface area contributed by atoms with E-state index in [9.17, 15) is 22.8 Å². The van der Waals surface area contributed by atoms with Gasteiger partial charge in [-0.25, -0.2) is 13.1 Å². The van der Waals surface area contributed by atoms with E-state index in [1.165, 1.54) is 25.1 Å². The molecule has 0 saturated heterocycles. The Morgan fingerprint density at radius 3 is 2.41 bits per heavy atom. The first-order valence-electron chi connectivity index (χ1n) is 9.95. The van der Waals surface area contributed by atoms with Gasteiger partial charge in [0.25, 0.3) is 0 Å². The van der Waals surface area contributed by atoms with Crippen molar-refractivity contribution in [2.24, 2.45) is 0 Å². The van der Waals surface area contributed by atoms with Crippen LogP contribution in [0.25, 0.3) is 0 Å². The smallest absolute Gasteiger partial charge is 0.307 e. The van der Waals surface area contributed by atoms with E-state index >= 15 is 0 Å². The maximum atomic E-state index is 12.2. The molecule has 0 aliphatic heterocycles. The van der Waals surface area contributed by atoms with Crippen LogP contribution in [0.15, 0.2) is 53.4 Å². The van der Waals surface area contributed by atoms with Crippen LogP contribution < -0.4 is 10.0 Å². The number of hydrogen-bond acceptors (Lipinski definition) is 6. The quantitative estimate of drug-likeness (QED) is 0.274. The maximum Gasteiger partial charge on any atom is 0.307 e. The minimum atomic E-state index is -3.80. The number of amides is 1. The molecule has 0 saturated carbocycles. The molecule has 0 heterocycles. The van der Waals surface area contributed by atoms with Crippen molar-refractivity contribution >= 4 is 39.3 Å². The van der Waals surface area contributed by atoms with Crippen molar-refractivity contribution in [1.82, 2.24) is 10.0 Å². The Kier molecular flexibility index (Phi) is 9.83. The molecule has 8 nitrogen and oxygen atoms in total. The van der Waals surface area contributed by atoms with Gasteiger partial charge in [0, 0.05) is 30.6 Å². The minimum absolute atomic E-state index is 0.00731. The third kappa shape index (κ3) is 8.78. The number of ketones is 1. The highest BCUT2D eigenvalue weighted by atomic mass is 35.5. The summed E-state index contributed by atoms with van der Waals surface area (Å²) >= 11 is 5.79. The monoisotopic (exact) mass is 480 g/mol. The van der Waals surface area contributed by atoms with Gasteiger partial charge < -0.3 is 10.1 Å². The number of halogens is 1. The highest BCUT2D eigenvalue weighted by molar-refractivity contribution is 7.89. The molecule has 0 aliphatic rings. The Bertz CT molecular complexity index is 1050. The predicted octanol–water partition coefficient (Wildman–Crippen LogP) is 2.50. The van der Waals surface area contributed by atoms with Gasteiger partial charge in [-0.05, 0) is 36.6 Å². The summed E-state index contributed by atoms with van der Waals surface area (Å²) in [6.07, 6.45) is 1.32. The van der Waals surface area contributed by atoms with E-state index in [2.05, 4.69) is 10.0 Å². The molecule has 172 valence electrons. The molecule has 0 fully saturated rings. The summed E-state index contributed by atoms with van der Waals surface area (Å²) in [5.41, 5.74) is 1.43. The molecule has 2 rings (SSSR count). The normalized spacial score (nSPS) is 11.1. The summed E-state index contributed by atoms with van der Waals surface area (Å²) in [7, 11) is -3.80. The molecule has 0 aliphatic carbocycles. The van der Waals surface area contributed by atoms with E-state index in [0.29, 0.717) is 12.1 Å². The molecule has 2 aromatic carbocycles. The van der Waals surface area contributed by atoms with Crippen molar-refractivity contribution < 1.29 is 27.5 Å². The number of nitrogens with one attached hydrogen (secondary N) is 2. The van der Waals surface area contributed by atoms with E-state index in [4.69, 9.17) is 16.3 Å². The van der Waals surface area contributed by atoms with Crippen LogP contribution >= 0.6 is 11.6 Å². The standard InChI is InChI=1S/C22H25ClN2O6S/c1-16(26)24-12-3-4-17-7-9-18(10-8-17)21(27)15-31-22(28)11-13-25-32(29,30)20-6-2-5-19(23)14-20/h2,5-10,14,25H,3-4,11-13,15H2,1H3,(H,24,26). The summed E-state index contributed by atoms with van der Waals surface area (Å²) < 4.78 is 31.6. The number of ether oxygens (including phenoxy) is 1. The van der Waals surface area contributed by atoms with E-state index in [-0.39, 0.29) is 34.6 Å². The van der Waals surface area contributed by atoms with Crippen LogP contribution in [0.5, 0.6) is 0 Å². The Hall–Kier alpha value is -2.75. The van der Waals surface area contributed by atoms with Crippen molar-refractivity contribution in [2.75, 3.05) is 19.7 Å². The first-order chi connectivity index (χ1) is 15.2. The molecule has 0 spiro atoms. The molecule has 1 amide bonds. The van der Waals surface area contributed by atoms with Crippen molar-refractivity contribution in [3.8, 4) is 0 Å². The lowest BCUT2D eigenvalue weighted by molar-refractivity contribution is -0.142. The van der Waals surface area contributed by atoms with Crippen molar-refractivity contribution in [2.45, 2.75) is 31.1 Å². The Morgan fingerprint density at radius 1 is 1.03 bits per heavy atom. The lowest BCUT2D eigenvalue weighted by Gasteiger charge is -2.08. The molecule has 0 bridgehead atoms. The molecule has 0 radical (unpaired) electrons. The van der Waals surface area contributed by atoms with Crippen molar-refractivity contribution in [3.63, 3.8) is 0 Å². The lowest BCUT2D eigenvalue weighted by Crippen LogP contribution is -2.27. The highest BCUT2D eigenvalue weighted by Gasteiger charge is 2.15. The lowest BCUT2D eigenvalue weighted by atomic mass is 10.1. The number of esters is 1. The van der Waals surface area contributed by atoms with Gasteiger partial charge in [-0.1, -0.05) is 41.9 Å². The number of rotatable bonds is 12. The van der Waals surface area contributed by atoms with Crippen LogP contribution in [0.1, 0.15) is 35.7 Å². The van der Waals surface area contributed by atoms with Gasteiger partial charge in [-0.15, -0.1) is 0 Å². The molecule has 0 unspecified atom stereocenters. The number of benzene rings is 2. The molecule has 0 aromatic heterocycles. The van der Waals surface area contributed by atoms with Gasteiger partial charge in [0.15, 0.2) is 12.4 Å². The number of Topliss-reactive ketones (excluding diaryl/α,β-unsaturated/α-hetero) is 1. The van der Waals surface area contributed by atoms with Crippen LogP contribution in [-0.4, -0.2) is 45.8 Å². The summed E-state index contributed by atoms with van der Waals surface area (Å²) in [5, 5.41) is 3.00. The van der Waals surface area contributed by atoms with Crippen molar-refractivity contribution in [1.29, 1.82) is 0 Å². The zero-order valence-electron chi connectivity index (χ0n) is 17.6. The van der Waals surface area contributed by atoms with Crippen LogP contribution in [0.3, 0.4) is 0 Å². The number of carbonyl (C=O) groups is 3. The average molecular weight is 481 g/mol. The topological polar surface area (TPSA) is 119 Å². The van der Waals surface area contributed by atoms with E-state index in [0.717, 1.165) is 18.4 Å². The molecule has 2 N–H and O–H groups in total. The van der Waals surface area contributed by atoms with Gasteiger partial charge in [0.1, 0.15) is 0 Å². The van der Waals surface area contributed by atoms with Crippen LogP contribution in [0.4, 0.5) is 0 Å². The first-order valence-corrected chi connectivity index (χ1v) is 11.8. The third-order valence-corrected chi connectivity index (χ3v) is 6.08. The third-order valence-electron chi connectivity index (χ3n) is 4.38. The number of hydrogen-bond donors (Lipinski definition) is 2. The Labute approximate surface area is 192 Å². The average Bonchev–Trinajstić information content (AvgIpc) is 2.75. The number of aryl methyl sites for hydroxylation is 1. The van der Waals surface area contributed by atoms with Gasteiger partial charge in [-0.3, -0.25) is 14.4 Å². The maximum absolute atomic E-state index is 12.2. The highest BCUT2D eigenvalue weighted by Crippen LogP contribution is 2.15. The molecule has 32 heavy (non-hydrogen) atoms.